The highest BCUT2D eigenvalue weighted by molar-refractivity contribution is 6.05. The molecule has 0 saturated heterocycles. The van der Waals surface area contributed by atoms with Crippen molar-refractivity contribution in [2.45, 2.75) is 19.9 Å². The molecular formula is C21H19N7O. The van der Waals surface area contributed by atoms with E-state index in [1.54, 1.807) is 12.4 Å². The van der Waals surface area contributed by atoms with Gasteiger partial charge in [-0.2, -0.15) is 10.2 Å². The Morgan fingerprint density at radius 3 is 2.69 bits per heavy atom. The van der Waals surface area contributed by atoms with E-state index in [0.29, 0.717) is 18.5 Å². The Morgan fingerprint density at radius 2 is 1.90 bits per heavy atom. The van der Waals surface area contributed by atoms with Crippen LogP contribution in [0.1, 0.15) is 22.8 Å². The maximum atomic E-state index is 13.1. The summed E-state index contributed by atoms with van der Waals surface area (Å²) >= 11 is 0. The summed E-state index contributed by atoms with van der Waals surface area (Å²) in [5.41, 5.74) is 4.89. The molecule has 0 aliphatic carbocycles. The summed E-state index contributed by atoms with van der Waals surface area (Å²) in [5, 5.41) is 12.9. The Balaban J connectivity index is 1.61. The number of aromatic nitrogens is 7. The number of hydrogen-bond donors (Lipinski definition) is 1. The molecule has 29 heavy (non-hydrogen) atoms. The summed E-state index contributed by atoms with van der Waals surface area (Å²) in [4.78, 5) is 22.4. The molecule has 5 heterocycles. The summed E-state index contributed by atoms with van der Waals surface area (Å²) in [6.45, 7) is 2.32. The molecule has 8 nitrogen and oxygen atoms in total. The Hall–Kier alpha value is -3.81. The second kappa shape index (κ2) is 6.66. The van der Waals surface area contributed by atoms with Gasteiger partial charge in [0.2, 0.25) is 0 Å². The zero-order chi connectivity index (χ0) is 20.0. The summed E-state index contributed by atoms with van der Waals surface area (Å²) < 4.78 is 3.29. The molecule has 0 aliphatic heterocycles. The van der Waals surface area contributed by atoms with Gasteiger partial charge in [0.1, 0.15) is 11.2 Å². The molecule has 0 spiro atoms. The molecule has 0 amide bonds. The van der Waals surface area contributed by atoms with Gasteiger partial charge in [-0.15, -0.1) is 0 Å². The van der Waals surface area contributed by atoms with Crippen LogP contribution in [0.15, 0.2) is 53.6 Å². The molecule has 0 bridgehead atoms. The lowest BCUT2D eigenvalue weighted by molar-refractivity contribution is 0.631. The van der Waals surface area contributed by atoms with E-state index in [9.17, 15) is 4.79 Å². The van der Waals surface area contributed by atoms with E-state index < -0.39 is 0 Å². The van der Waals surface area contributed by atoms with Crippen molar-refractivity contribution in [2.24, 2.45) is 7.05 Å². The van der Waals surface area contributed by atoms with Gasteiger partial charge in [-0.25, -0.2) is 9.67 Å². The van der Waals surface area contributed by atoms with Crippen molar-refractivity contribution in [1.29, 1.82) is 0 Å². The number of nitrogens with zero attached hydrogens (tertiary/aromatic N) is 6. The summed E-state index contributed by atoms with van der Waals surface area (Å²) in [6, 6.07) is 11.8. The third-order valence-corrected chi connectivity index (χ3v) is 5.08. The zero-order valence-electron chi connectivity index (χ0n) is 16.1. The molecule has 0 aliphatic rings. The van der Waals surface area contributed by atoms with Crippen LogP contribution in [0, 0.1) is 6.92 Å². The number of nitrogens with one attached hydrogen (secondary N) is 1. The predicted molar refractivity (Wildman–Crippen MR) is 110 cm³/mol. The van der Waals surface area contributed by atoms with Gasteiger partial charge < -0.3 is 4.57 Å². The molecule has 8 heteroatoms. The second-order valence-corrected chi connectivity index (χ2v) is 7.13. The number of hydrogen-bond acceptors (Lipinski definition) is 5. The molecule has 5 rings (SSSR count). The fourth-order valence-corrected chi connectivity index (χ4v) is 3.69. The largest absolute Gasteiger partial charge is 0.324 e. The molecule has 0 radical (unpaired) electrons. The Bertz CT molecular complexity index is 1400. The third kappa shape index (κ3) is 2.98. The van der Waals surface area contributed by atoms with E-state index in [-0.39, 0.29) is 5.56 Å². The number of H-pyrrole nitrogens is 1. The Morgan fingerprint density at radius 1 is 1.03 bits per heavy atom. The number of aryl methyl sites for hydroxylation is 2. The average molecular weight is 385 g/mol. The first-order chi connectivity index (χ1) is 14.1. The van der Waals surface area contributed by atoms with Crippen molar-refractivity contribution in [1.82, 2.24) is 34.5 Å². The van der Waals surface area contributed by atoms with Gasteiger partial charge in [0.05, 0.1) is 18.4 Å². The van der Waals surface area contributed by atoms with Crippen LogP contribution in [-0.2, 0) is 20.0 Å². The van der Waals surface area contributed by atoms with Crippen LogP contribution in [0.5, 0.6) is 0 Å². The summed E-state index contributed by atoms with van der Waals surface area (Å²) in [7, 11) is 1.87. The molecule has 0 atom stereocenters. The van der Waals surface area contributed by atoms with Crippen molar-refractivity contribution in [3.8, 4) is 0 Å². The summed E-state index contributed by atoms with van der Waals surface area (Å²) in [5.74, 6) is 0. The first-order valence-electron chi connectivity index (χ1n) is 9.35. The van der Waals surface area contributed by atoms with Crippen molar-refractivity contribution >= 4 is 21.9 Å². The van der Waals surface area contributed by atoms with Crippen LogP contribution in [0.2, 0.25) is 0 Å². The molecule has 0 saturated carbocycles. The molecule has 5 aromatic rings. The topological polar surface area (TPSA) is 94.3 Å². The highest BCUT2D eigenvalue weighted by Crippen LogP contribution is 2.24. The maximum absolute atomic E-state index is 13.1. The van der Waals surface area contributed by atoms with Gasteiger partial charge >= 0.3 is 0 Å². The van der Waals surface area contributed by atoms with Crippen LogP contribution >= 0.6 is 0 Å². The number of pyridine rings is 2. The van der Waals surface area contributed by atoms with E-state index in [1.807, 2.05) is 54.9 Å². The highest BCUT2D eigenvalue weighted by atomic mass is 16.1. The van der Waals surface area contributed by atoms with Crippen molar-refractivity contribution < 1.29 is 0 Å². The number of aromatic amines is 1. The monoisotopic (exact) mass is 385 g/mol. The number of fused-ring (bicyclic) bond motifs is 3. The predicted octanol–water partition coefficient (Wildman–Crippen LogP) is 2.35. The SMILES string of the molecule is Cc1cccc(Cc2ccc3c4cnn(Cc5ccn[nH]5)c(=O)c4n(C)c3n2)n1. The van der Waals surface area contributed by atoms with Crippen LogP contribution in [0.4, 0.5) is 0 Å². The maximum Gasteiger partial charge on any atom is 0.291 e. The molecule has 0 fully saturated rings. The average Bonchev–Trinajstić information content (AvgIpc) is 3.31. The van der Waals surface area contributed by atoms with Crippen LogP contribution < -0.4 is 5.56 Å². The van der Waals surface area contributed by atoms with Crippen LogP contribution in [0.3, 0.4) is 0 Å². The van der Waals surface area contributed by atoms with Gasteiger partial charge in [0, 0.05) is 47.5 Å². The zero-order valence-corrected chi connectivity index (χ0v) is 16.1. The molecule has 0 unspecified atom stereocenters. The van der Waals surface area contributed by atoms with E-state index >= 15 is 0 Å². The first-order valence-corrected chi connectivity index (χ1v) is 9.35. The van der Waals surface area contributed by atoms with Gasteiger partial charge in [0.25, 0.3) is 5.56 Å². The normalized spacial score (nSPS) is 11.5. The lowest BCUT2D eigenvalue weighted by Gasteiger charge is -2.04. The lowest BCUT2D eigenvalue weighted by Crippen LogP contribution is -2.24. The van der Waals surface area contributed by atoms with Gasteiger partial charge in [0.15, 0.2) is 0 Å². The molecular weight excluding hydrogens is 366 g/mol. The molecule has 1 N–H and O–H groups in total. The van der Waals surface area contributed by atoms with Gasteiger partial charge in [-0.05, 0) is 37.3 Å². The van der Waals surface area contributed by atoms with E-state index in [2.05, 4.69) is 20.3 Å². The minimum atomic E-state index is -0.153. The van der Waals surface area contributed by atoms with Crippen molar-refractivity contribution in [3.63, 3.8) is 0 Å². The summed E-state index contributed by atoms with van der Waals surface area (Å²) in [6.07, 6.45) is 4.03. The lowest BCUT2D eigenvalue weighted by atomic mass is 10.1. The minimum absolute atomic E-state index is 0.153. The fourth-order valence-electron chi connectivity index (χ4n) is 3.69. The second-order valence-electron chi connectivity index (χ2n) is 7.13. The van der Waals surface area contributed by atoms with Crippen LogP contribution in [0.25, 0.3) is 21.9 Å². The van der Waals surface area contributed by atoms with Crippen molar-refractivity contribution in [2.75, 3.05) is 0 Å². The van der Waals surface area contributed by atoms with Crippen molar-refractivity contribution in [3.05, 3.63) is 81.9 Å². The minimum Gasteiger partial charge on any atom is -0.324 e. The standard InChI is InChI=1S/C21H19N7O/c1-13-4-3-5-14(24-13)10-15-6-7-17-18-11-23-28(12-16-8-9-22-26-16)21(29)19(18)27(2)20(17)25-15/h3-9,11H,10,12H2,1-2H3,(H,22,26). The molecule has 144 valence electrons. The van der Waals surface area contributed by atoms with E-state index in [0.717, 1.165) is 39.2 Å². The van der Waals surface area contributed by atoms with E-state index in [1.165, 1.54) is 4.68 Å². The van der Waals surface area contributed by atoms with E-state index in [4.69, 9.17) is 4.98 Å². The fraction of sp³-hybridized carbons (Fsp3) is 0.190. The molecule has 5 aromatic heterocycles. The smallest absolute Gasteiger partial charge is 0.291 e. The number of rotatable bonds is 4. The highest BCUT2D eigenvalue weighted by Gasteiger charge is 2.16. The first kappa shape index (κ1) is 17.3. The van der Waals surface area contributed by atoms with Gasteiger partial charge in [-0.1, -0.05) is 6.07 Å². The van der Waals surface area contributed by atoms with Gasteiger partial charge in [-0.3, -0.25) is 14.9 Å². The van der Waals surface area contributed by atoms with Crippen LogP contribution in [-0.4, -0.2) is 34.5 Å². The third-order valence-electron chi connectivity index (χ3n) is 5.08. The Labute approximate surface area is 165 Å². The Kier molecular flexibility index (Phi) is 3.97. The quantitative estimate of drug-likeness (QED) is 0.512. The molecule has 0 aromatic carbocycles.